The van der Waals surface area contributed by atoms with E-state index in [-0.39, 0.29) is 57.2 Å². The van der Waals surface area contributed by atoms with E-state index in [1.807, 2.05) is 97.3 Å². The van der Waals surface area contributed by atoms with Gasteiger partial charge in [-0.3, -0.25) is 9.78 Å². The number of furan rings is 1. The third-order valence-electron chi connectivity index (χ3n) is 16.4. The molecule has 0 fully saturated rings. The van der Waals surface area contributed by atoms with Crippen molar-refractivity contribution in [1.29, 1.82) is 0 Å². The monoisotopic (exact) mass is 1640 g/mol. The minimum absolute atomic E-state index is 0. The van der Waals surface area contributed by atoms with Crippen LogP contribution in [-0.2, 0) is 50.4 Å². The van der Waals surface area contributed by atoms with E-state index in [0.717, 1.165) is 78.1 Å². The van der Waals surface area contributed by atoms with Gasteiger partial charge in [0.1, 0.15) is 5.58 Å². The zero-order valence-corrected chi connectivity index (χ0v) is 61.5. The molecule has 0 aliphatic rings. The summed E-state index contributed by atoms with van der Waals surface area (Å²) in [6, 6.07) is 96.1. The van der Waals surface area contributed by atoms with Gasteiger partial charge in [-0.1, -0.05) is 212 Å². The minimum atomic E-state index is -0.125. The van der Waals surface area contributed by atoms with Gasteiger partial charge in [-0.2, -0.15) is 0 Å². The molecule has 98 heavy (non-hydrogen) atoms. The Bertz CT molecular complexity index is 5100. The molecule has 2 radical (unpaired) electrons. The molecule has 1 N–H and O–H groups in total. The number of rotatable bonds is 9. The number of carbonyl (C=O) groups is 1. The van der Waals surface area contributed by atoms with Gasteiger partial charge in [0.05, 0.1) is 28.2 Å². The van der Waals surface area contributed by atoms with Gasteiger partial charge in [0.25, 0.3) is 0 Å². The molecule has 0 atom stereocenters. The molecule has 0 aliphatic heterocycles. The van der Waals surface area contributed by atoms with Crippen LogP contribution in [0.3, 0.4) is 0 Å². The Hall–Kier alpha value is -10.1. The summed E-state index contributed by atoms with van der Waals surface area (Å²) in [5.74, 6) is 1.54. The van der Waals surface area contributed by atoms with Gasteiger partial charge in [-0.15, -0.1) is 125 Å². The molecule has 10 aromatic carbocycles. The van der Waals surface area contributed by atoms with Crippen molar-refractivity contribution >= 4 is 60.3 Å². The van der Waals surface area contributed by atoms with Gasteiger partial charge in [-0.25, -0.2) is 0 Å². The zero-order valence-electron chi connectivity index (χ0n) is 56.7. The summed E-state index contributed by atoms with van der Waals surface area (Å²) in [5.41, 5.74) is 19.5. The summed E-state index contributed by atoms with van der Waals surface area (Å²) >= 11 is 0. The van der Waals surface area contributed by atoms with Crippen molar-refractivity contribution in [1.82, 2.24) is 24.5 Å². The molecular weight excluding hydrogens is 1560 g/mol. The summed E-state index contributed by atoms with van der Waals surface area (Å²) < 4.78 is 8.73. The van der Waals surface area contributed by atoms with Crippen LogP contribution in [-0.4, -0.2) is 35.4 Å². The van der Waals surface area contributed by atoms with Gasteiger partial charge in [-0.05, 0) is 116 Å². The molecule has 0 aliphatic carbocycles. The van der Waals surface area contributed by atoms with Crippen molar-refractivity contribution < 1.29 is 54.5 Å². The summed E-state index contributed by atoms with van der Waals surface area (Å²) in [7, 11) is 0. The number of aromatic nitrogens is 5. The Morgan fingerprint density at radius 1 is 0.520 bits per heavy atom. The molecule has 0 amide bonds. The molecule has 0 spiro atoms. The molecule has 494 valence electrons. The number of hydrogen-bond donors (Lipinski definition) is 1. The zero-order chi connectivity index (χ0) is 67.3. The van der Waals surface area contributed by atoms with Crippen LogP contribution in [0.2, 0.25) is 0 Å². The van der Waals surface area contributed by atoms with E-state index in [1.165, 1.54) is 80.5 Å². The van der Waals surface area contributed by atoms with E-state index in [9.17, 15) is 4.79 Å². The maximum Gasteiger partial charge on any atom is 0.155 e. The normalized spacial score (nSPS) is 11.1. The number of carbonyl (C=O) groups excluding carboxylic acids is 1. The fourth-order valence-electron chi connectivity index (χ4n) is 11.6. The van der Waals surface area contributed by atoms with Crippen LogP contribution in [0, 0.1) is 31.2 Å². The molecule has 15 aromatic rings. The Kier molecular flexibility index (Phi) is 24.5. The average Bonchev–Trinajstić information content (AvgIpc) is 1.56. The number of pyridine rings is 3. The van der Waals surface area contributed by atoms with Crippen LogP contribution in [0.4, 0.5) is 0 Å². The fourth-order valence-corrected chi connectivity index (χ4v) is 11.6. The number of hydrogen-bond acceptors (Lipinski definition) is 7. The summed E-state index contributed by atoms with van der Waals surface area (Å²) in [6.07, 6.45) is 6.88. The average molecular weight is 1640 g/mol. The number of aryl methyl sites for hydroxylation is 1. The number of para-hydroxylation sites is 4. The smallest absolute Gasteiger partial charge is 0.155 e. The Labute approximate surface area is 603 Å². The molecule has 5 aromatic heterocycles. The van der Waals surface area contributed by atoms with Gasteiger partial charge in [0.15, 0.2) is 5.78 Å². The number of aliphatic hydroxyl groups excluding tert-OH is 1. The predicted octanol–water partition coefficient (Wildman–Crippen LogP) is 22.9. The van der Waals surface area contributed by atoms with Gasteiger partial charge < -0.3 is 29.0 Å². The third-order valence-corrected chi connectivity index (χ3v) is 16.4. The first-order chi connectivity index (χ1) is 46.5. The maximum atomic E-state index is 10.0. The molecule has 0 bridgehead atoms. The van der Waals surface area contributed by atoms with E-state index in [1.54, 1.807) is 6.20 Å². The molecule has 10 heteroatoms. The minimum Gasteiger partial charge on any atom is -0.512 e. The fraction of sp³-hybridized carbons (Fsp3) is 0.148. The second kappa shape index (κ2) is 33.3. The standard InChI is InChI=1S/C31H27N2O.C21H20N.C20H14N.C11H8N.C5H8O2.2Ir/c1-19(2)21-12-9-13-22(20(3)4)29(21)33-27-17-7-6-16-26(27)32-31(33)25-15-10-14-24-23-11-5-8-18-28(23)34-30(24)25;1-21(2,3)19-12-13-20(22-15-19)18-11-7-10-17(14-18)16-8-5-4-6-9-16;1-14-5-4-7-16(11-14)20-12-19-17(13-21-20)10-9-15-6-2-3-8-18(15)19;1-2-6-10(7-3-1)11-8-4-5-9-12-11;1-4(6)3-5(2)7;;/h5-14,16-20H,1-4H3;4-10,12-15H,1-3H3;2-6,8-13H,1H3;1-6,8-9H;3,6H,1-2H3;;/q4*-1;;;. The molecule has 0 saturated heterocycles. The third kappa shape index (κ3) is 17.4. The number of allylic oxidation sites excluding steroid dienone is 2. The molecule has 5 heterocycles. The van der Waals surface area contributed by atoms with Crippen molar-refractivity contribution in [2.75, 3.05) is 0 Å². The van der Waals surface area contributed by atoms with Crippen molar-refractivity contribution in [3.8, 4) is 62.0 Å². The molecular formula is C88H77Ir2N5O3-4. The van der Waals surface area contributed by atoms with Crippen LogP contribution < -0.4 is 0 Å². The van der Waals surface area contributed by atoms with Crippen LogP contribution in [0.5, 0.6) is 0 Å². The molecule has 15 rings (SSSR count). The van der Waals surface area contributed by atoms with Crippen molar-refractivity contribution in [2.45, 2.75) is 86.5 Å². The van der Waals surface area contributed by atoms with Crippen molar-refractivity contribution in [3.63, 3.8) is 0 Å². The summed E-state index contributed by atoms with van der Waals surface area (Å²) in [4.78, 5) is 28.6. The first kappa shape index (κ1) is 72.2. The first-order valence-corrected chi connectivity index (χ1v) is 32.5. The summed E-state index contributed by atoms with van der Waals surface area (Å²) in [5, 5.41) is 15.5. The van der Waals surface area contributed by atoms with E-state index in [0.29, 0.717) is 11.8 Å². The first-order valence-electron chi connectivity index (χ1n) is 32.5. The van der Waals surface area contributed by atoms with Crippen molar-refractivity contribution in [3.05, 3.63) is 320 Å². The van der Waals surface area contributed by atoms with E-state index in [2.05, 4.69) is 257 Å². The number of nitrogens with zero attached hydrogens (tertiary/aromatic N) is 5. The van der Waals surface area contributed by atoms with Gasteiger partial charge >= 0.3 is 0 Å². The van der Waals surface area contributed by atoms with Crippen LogP contribution in [0.25, 0.3) is 116 Å². The van der Waals surface area contributed by atoms with Crippen molar-refractivity contribution in [2.24, 2.45) is 0 Å². The molecule has 8 nitrogen and oxygen atoms in total. The van der Waals surface area contributed by atoms with Crippen LogP contribution >= 0.6 is 0 Å². The number of fused-ring (bicyclic) bond motifs is 7. The van der Waals surface area contributed by atoms with E-state index in [4.69, 9.17) is 14.5 Å². The van der Waals surface area contributed by atoms with E-state index < -0.39 is 0 Å². The number of ketones is 1. The largest absolute Gasteiger partial charge is 0.512 e. The predicted molar refractivity (Wildman–Crippen MR) is 397 cm³/mol. The summed E-state index contributed by atoms with van der Waals surface area (Å²) in [6.45, 7) is 20.6. The quantitative estimate of drug-likeness (QED) is 0.0664. The molecule has 0 unspecified atom stereocenters. The maximum absolute atomic E-state index is 10.0. The Morgan fingerprint density at radius 3 is 1.82 bits per heavy atom. The molecule has 0 saturated carbocycles. The van der Waals surface area contributed by atoms with Gasteiger partial charge in [0.2, 0.25) is 0 Å². The topological polar surface area (TPSA) is 107 Å². The second-order valence-electron chi connectivity index (χ2n) is 25.3. The van der Waals surface area contributed by atoms with Gasteiger partial charge in [0, 0.05) is 76.0 Å². The SMILES string of the molecule is CC(=O)C=C(C)O.CC(C)(C)c1ccc(-c2[c-]ccc(-c3ccccc3)c2)nc1.CC(C)c1cccc(C(C)C)c1-n1c(-c2[c-]ccc3c2oc2ccccc23)nc2ccccc21.Cc1cc[c-]c(-c2cc3c(ccc4ccccc43)cn2)c1.[Ir].[Ir].[c-]1ccccc1-c1ccccn1. The van der Waals surface area contributed by atoms with Crippen LogP contribution in [0.15, 0.2) is 277 Å². The Balaban J connectivity index is 0.000000154. The number of imidazole rings is 1. The number of aliphatic hydroxyl groups is 1. The van der Waals surface area contributed by atoms with E-state index >= 15 is 0 Å². The second-order valence-corrected chi connectivity index (χ2v) is 25.3. The Morgan fingerprint density at radius 2 is 1.15 bits per heavy atom. The number of benzene rings is 10. The van der Waals surface area contributed by atoms with Crippen LogP contribution in [0.1, 0.15) is 96.4 Å².